The Kier molecular flexibility index (Phi) is 16.1. The number of hydrogen-bond donors (Lipinski definition) is 17. The van der Waals surface area contributed by atoms with Crippen molar-refractivity contribution in [3.8, 4) is 0 Å². The first kappa shape index (κ1) is 46.0. The van der Waals surface area contributed by atoms with E-state index in [1.807, 2.05) is 0 Å². The summed E-state index contributed by atoms with van der Waals surface area (Å²) < 4.78 is 49.8. The lowest BCUT2D eigenvalue weighted by Gasteiger charge is -2.49. The third kappa shape index (κ3) is 9.16. The summed E-state index contributed by atoms with van der Waals surface area (Å²) in [6.45, 7) is -4.27. The zero-order valence-corrected chi connectivity index (χ0v) is 29.5. The molecule has 5 saturated heterocycles. The Hall–Kier alpha value is -1.04. The van der Waals surface area contributed by atoms with Crippen molar-refractivity contribution in [3.05, 3.63) is 0 Å². The number of aliphatic hydroxyl groups excluding tert-OH is 15. The lowest BCUT2D eigenvalue weighted by Crippen LogP contribution is -2.69. The van der Waals surface area contributed by atoms with E-state index in [0.29, 0.717) is 0 Å². The van der Waals surface area contributed by atoms with Gasteiger partial charge in [0, 0.05) is 0 Å². The van der Waals surface area contributed by atoms with Crippen molar-refractivity contribution in [1.82, 2.24) is 0 Å². The van der Waals surface area contributed by atoms with Gasteiger partial charge in [-0.15, -0.1) is 0 Å². The largest absolute Gasteiger partial charge is 0.394 e. The predicted molar refractivity (Wildman–Crippen MR) is 170 cm³/mol. The first-order valence-electron chi connectivity index (χ1n) is 17.8. The maximum Gasteiger partial charge on any atom is 0.187 e. The van der Waals surface area contributed by atoms with E-state index in [1.54, 1.807) is 0 Å². The zero-order chi connectivity index (χ0) is 41.3. The summed E-state index contributed by atoms with van der Waals surface area (Å²) in [5, 5.41) is 156. The highest BCUT2D eigenvalue weighted by Crippen LogP contribution is 2.35. The summed E-state index contributed by atoms with van der Waals surface area (Å²) in [7, 11) is 0. The molecule has 26 nitrogen and oxygen atoms in total. The van der Waals surface area contributed by atoms with Crippen molar-refractivity contribution < 1.29 is 119 Å². The Morgan fingerprint density at radius 3 is 1.04 bits per heavy atom. The van der Waals surface area contributed by atoms with E-state index in [9.17, 15) is 76.6 Å². The highest BCUT2D eigenvalue weighted by atomic mass is 16.8. The highest BCUT2D eigenvalue weighted by molar-refractivity contribution is 4.99. The fraction of sp³-hybridized carbons (Fsp3) is 1.00. The van der Waals surface area contributed by atoms with Crippen LogP contribution in [0.25, 0.3) is 0 Å². The standard InChI is InChI=1S/C30H54N2O24/c31-11-14(39)22(7(2-34)48-26(11)47)53-27-12(32)15(40)23(8(3-35)50-27)54-29-20(45)17(42)25(10(5-37)51-29)56-30-21(46)18(43)24(9(4-36)52-30)55-28-19(44)16(41)13(38)6(1-33)49-28/h6-30,33-47H,1-5,31-32H2/t6-,7-,8-,9-,10-,11-,12-,13+,14-,15-,16+,17-,18-,19-,20-,21-,22-,23-,24+,25+,26?,27+,28+,29+,30+/m1/s1. The normalized spacial score (nSPS) is 53.2. The minimum absolute atomic E-state index is 0.740. The second-order valence-corrected chi connectivity index (χ2v) is 14.1. The molecule has 5 fully saturated rings. The van der Waals surface area contributed by atoms with Crippen molar-refractivity contribution in [2.75, 3.05) is 33.0 Å². The smallest absolute Gasteiger partial charge is 0.187 e. The molecule has 5 aliphatic heterocycles. The molecule has 0 spiro atoms. The van der Waals surface area contributed by atoms with Gasteiger partial charge in [0.1, 0.15) is 110 Å². The van der Waals surface area contributed by atoms with E-state index in [0.717, 1.165) is 0 Å². The molecule has 0 aliphatic carbocycles. The molecule has 5 heterocycles. The molecule has 5 rings (SSSR count). The predicted octanol–water partition coefficient (Wildman–Crippen LogP) is -12.0. The van der Waals surface area contributed by atoms with Crippen LogP contribution in [0.5, 0.6) is 0 Å². The minimum atomic E-state index is -2.06. The second kappa shape index (κ2) is 19.6. The number of aliphatic hydroxyl groups is 15. The van der Waals surface area contributed by atoms with Crippen LogP contribution in [-0.4, -0.2) is 263 Å². The number of hydrogen-bond acceptors (Lipinski definition) is 26. The van der Waals surface area contributed by atoms with Gasteiger partial charge in [-0.3, -0.25) is 0 Å². The Bertz CT molecular complexity index is 1210. The van der Waals surface area contributed by atoms with Gasteiger partial charge < -0.3 is 131 Å². The summed E-state index contributed by atoms with van der Waals surface area (Å²) in [5.41, 5.74) is 11.9. The Morgan fingerprint density at radius 1 is 0.321 bits per heavy atom. The molecule has 1 unspecified atom stereocenters. The molecule has 5 aliphatic rings. The molecule has 25 atom stereocenters. The van der Waals surface area contributed by atoms with Gasteiger partial charge in [0.15, 0.2) is 31.5 Å². The number of nitrogens with two attached hydrogens (primary N) is 2. The van der Waals surface area contributed by atoms with Gasteiger partial charge in [0.05, 0.1) is 45.1 Å². The molecular weight excluding hydrogens is 772 g/mol. The van der Waals surface area contributed by atoms with Gasteiger partial charge in [-0.2, -0.15) is 0 Å². The summed E-state index contributed by atoms with van der Waals surface area (Å²) in [5.74, 6) is 0. The van der Waals surface area contributed by atoms with Crippen molar-refractivity contribution in [3.63, 3.8) is 0 Å². The van der Waals surface area contributed by atoms with Gasteiger partial charge in [-0.05, 0) is 0 Å². The van der Waals surface area contributed by atoms with E-state index in [-0.39, 0.29) is 0 Å². The molecule has 26 heteroatoms. The monoisotopic (exact) mass is 826 g/mol. The Balaban J connectivity index is 1.22. The van der Waals surface area contributed by atoms with Crippen LogP contribution in [0.2, 0.25) is 0 Å². The molecule has 0 saturated carbocycles. The third-order valence-corrected chi connectivity index (χ3v) is 10.5. The molecular formula is C30H54N2O24. The summed E-state index contributed by atoms with van der Waals surface area (Å²) >= 11 is 0. The van der Waals surface area contributed by atoms with Gasteiger partial charge >= 0.3 is 0 Å². The van der Waals surface area contributed by atoms with Crippen LogP contribution in [0.3, 0.4) is 0 Å². The van der Waals surface area contributed by atoms with Crippen molar-refractivity contribution in [2.45, 2.75) is 153 Å². The highest BCUT2D eigenvalue weighted by Gasteiger charge is 2.56. The van der Waals surface area contributed by atoms with Crippen LogP contribution in [0.15, 0.2) is 0 Å². The molecule has 0 aromatic carbocycles. The fourth-order valence-electron chi connectivity index (χ4n) is 7.11. The average molecular weight is 827 g/mol. The summed E-state index contributed by atoms with van der Waals surface area (Å²) in [6, 6.07) is -2.89. The molecule has 0 aromatic heterocycles. The Labute approximate surface area is 317 Å². The SMILES string of the molecule is N[C@H]1[C@H](O[C@H]2[C@H](O)[C@@H](N)C(O)O[C@@H]2CO)O[C@H](CO)[C@@H](O[C@@H]2O[C@H](CO)[C@H](O[C@@H]3O[C@H](CO)[C@H](O[C@@H]4O[C@H](CO)[C@H](O)[C@H](O)[C@H]4O)[C@H](O)[C@H]3O)[C@H](O)[C@H]2O)[C@@H]1O. The lowest BCUT2D eigenvalue weighted by molar-refractivity contribution is -0.387. The van der Waals surface area contributed by atoms with Crippen LogP contribution in [-0.2, 0) is 42.6 Å². The molecule has 328 valence electrons. The quantitative estimate of drug-likeness (QED) is 0.0819. The number of rotatable bonds is 13. The number of ether oxygens (including phenoxy) is 9. The van der Waals surface area contributed by atoms with Gasteiger partial charge in [0.2, 0.25) is 0 Å². The fourth-order valence-corrected chi connectivity index (χ4v) is 7.11. The van der Waals surface area contributed by atoms with Gasteiger partial charge in [0.25, 0.3) is 0 Å². The first-order chi connectivity index (χ1) is 26.5. The van der Waals surface area contributed by atoms with Gasteiger partial charge in [-0.1, -0.05) is 0 Å². The van der Waals surface area contributed by atoms with Crippen molar-refractivity contribution >= 4 is 0 Å². The molecule has 56 heavy (non-hydrogen) atoms. The van der Waals surface area contributed by atoms with E-state index >= 15 is 0 Å². The molecule has 0 amide bonds. The van der Waals surface area contributed by atoms with Crippen molar-refractivity contribution in [2.24, 2.45) is 11.5 Å². The van der Waals surface area contributed by atoms with E-state index < -0.39 is 186 Å². The van der Waals surface area contributed by atoms with E-state index in [4.69, 9.17) is 54.1 Å². The summed E-state index contributed by atoms with van der Waals surface area (Å²) in [4.78, 5) is 0. The molecule has 0 radical (unpaired) electrons. The molecule has 19 N–H and O–H groups in total. The minimum Gasteiger partial charge on any atom is -0.394 e. The van der Waals surface area contributed by atoms with E-state index in [1.165, 1.54) is 0 Å². The third-order valence-electron chi connectivity index (χ3n) is 10.5. The van der Waals surface area contributed by atoms with Crippen molar-refractivity contribution in [1.29, 1.82) is 0 Å². The first-order valence-corrected chi connectivity index (χ1v) is 17.8. The maximum atomic E-state index is 11.1. The van der Waals surface area contributed by atoms with Crippen LogP contribution >= 0.6 is 0 Å². The topological polar surface area (TPSA) is 439 Å². The second-order valence-electron chi connectivity index (χ2n) is 14.1. The average Bonchev–Trinajstić information content (AvgIpc) is 3.19. The molecule has 0 aromatic rings. The Morgan fingerprint density at radius 2 is 0.625 bits per heavy atom. The zero-order valence-electron chi connectivity index (χ0n) is 29.5. The lowest BCUT2D eigenvalue weighted by atomic mass is 9.94. The van der Waals surface area contributed by atoms with Crippen LogP contribution in [0, 0.1) is 0 Å². The summed E-state index contributed by atoms with van der Waals surface area (Å²) in [6.07, 6.45) is -39.7. The van der Waals surface area contributed by atoms with Gasteiger partial charge in [-0.25, -0.2) is 0 Å². The molecule has 0 bridgehead atoms. The van der Waals surface area contributed by atoms with Crippen LogP contribution in [0.1, 0.15) is 0 Å². The van der Waals surface area contributed by atoms with Crippen LogP contribution in [0.4, 0.5) is 0 Å². The maximum absolute atomic E-state index is 11.1. The van der Waals surface area contributed by atoms with Crippen LogP contribution < -0.4 is 11.5 Å². The van der Waals surface area contributed by atoms with E-state index in [2.05, 4.69) is 0 Å².